The van der Waals surface area contributed by atoms with Gasteiger partial charge in [-0.3, -0.25) is 15.0 Å². The summed E-state index contributed by atoms with van der Waals surface area (Å²) in [4.78, 5) is 25.7. The van der Waals surface area contributed by atoms with Crippen LogP contribution in [0.5, 0.6) is 0 Å². The van der Waals surface area contributed by atoms with Gasteiger partial charge in [0.15, 0.2) is 0 Å². The fourth-order valence-electron chi connectivity index (χ4n) is 3.65. The van der Waals surface area contributed by atoms with E-state index in [4.69, 9.17) is 40.8 Å². The van der Waals surface area contributed by atoms with Crippen LogP contribution in [0.25, 0.3) is 0 Å². The van der Waals surface area contributed by atoms with E-state index in [1.54, 1.807) is 37.3 Å². The van der Waals surface area contributed by atoms with Crippen LogP contribution in [0.2, 0.25) is 10.0 Å². The van der Waals surface area contributed by atoms with Crippen molar-refractivity contribution in [3.05, 3.63) is 98.3 Å². The van der Waals surface area contributed by atoms with Gasteiger partial charge in [0.05, 0.1) is 16.0 Å². The van der Waals surface area contributed by atoms with E-state index in [-0.39, 0.29) is 29.4 Å². The molecule has 0 heterocycles. The Hall–Kier alpha value is -3.70. The highest BCUT2D eigenvalue weighted by Crippen LogP contribution is 2.29. The van der Waals surface area contributed by atoms with Crippen LogP contribution in [0, 0.1) is 30.5 Å². The van der Waals surface area contributed by atoms with Crippen molar-refractivity contribution < 1.29 is 14.0 Å². The summed E-state index contributed by atoms with van der Waals surface area (Å²) in [6.07, 6.45) is 5.94. The van der Waals surface area contributed by atoms with Gasteiger partial charge < -0.3 is 16.4 Å². The number of nitrogens with two attached hydrogens (primary N) is 1. The summed E-state index contributed by atoms with van der Waals surface area (Å²) in [5, 5.41) is 14.3. The highest BCUT2D eigenvalue weighted by molar-refractivity contribution is 6.42. The van der Waals surface area contributed by atoms with Crippen molar-refractivity contribution in [1.29, 1.82) is 5.41 Å². The molecule has 1 atom stereocenters. The van der Waals surface area contributed by atoms with E-state index < -0.39 is 17.6 Å². The molecular formula is C27H23Cl2FN4O2. The van der Waals surface area contributed by atoms with Crippen molar-refractivity contribution in [2.45, 2.75) is 19.3 Å². The topological polar surface area (TPSA) is 108 Å². The fourth-order valence-corrected chi connectivity index (χ4v) is 3.96. The number of amides is 2. The Morgan fingerprint density at radius 3 is 2.50 bits per heavy atom. The van der Waals surface area contributed by atoms with Gasteiger partial charge in [0.25, 0.3) is 5.91 Å². The Morgan fingerprint density at radius 1 is 1.11 bits per heavy atom. The summed E-state index contributed by atoms with van der Waals surface area (Å²) in [5.41, 5.74) is 7.91. The maximum atomic E-state index is 13.7. The average molecular weight is 525 g/mol. The van der Waals surface area contributed by atoms with Crippen LogP contribution < -0.4 is 16.4 Å². The standard InChI is InChI=1S/C27H23Cl2FN4O2/c1-3-16-4-6-20(33-27(36)21(8-9-31)17-5-7-23(28)24(29)13-17)14-22(16)25(32)34-26(35)18-10-15(2)11-19(30)12-18/h1,4-7,10-14,21H,8-9,31H2,2H3,(H,33,36)(H2,32,34,35). The maximum Gasteiger partial charge on any atom is 0.256 e. The lowest BCUT2D eigenvalue weighted by Crippen LogP contribution is -2.31. The Labute approximate surface area is 218 Å². The zero-order valence-electron chi connectivity index (χ0n) is 19.3. The third-order valence-electron chi connectivity index (χ3n) is 5.37. The summed E-state index contributed by atoms with van der Waals surface area (Å²) >= 11 is 12.1. The molecule has 5 N–H and O–H groups in total. The molecule has 184 valence electrons. The second-order valence-corrected chi connectivity index (χ2v) is 8.86. The van der Waals surface area contributed by atoms with Gasteiger partial charge in [-0.2, -0.15) is 0 Å². The molecule has 0 radical (unpaired) electrons. The average Bonchev–Trinajstić information content (AvgIpc) is 2.83. The smallest absolute Gasteiger partial charge is 0.256 e. The van der Waals surface area contributed by atoms with Gasteiger partial charge in [0.2, 0.25) is 5.91 Å². The molecule has 0 aromatic heterocycles. The number of terminal acetylenes is 1. The SMILES string of the molecule is C#Cc1ccc(NC(=O)C(CCN)c2ccc(Cl)c(Cl)c2)cc1C(=N)NC(=O)c1cc(C)cc(F)c1. The highest BCUT2D eigenvalue weighted by Gasteiger charge is 2.22. The minimum atomic E-state index is -0.664. The third-order valence-corrected chi connectivity index (χ3v) is 6.11. The number of benzene rings is 3. The molecule has 0 saturated carbocycles. The summed E-state index contributed by atoms with van der Waals surface area (Å²) in [6.45, 7) is 1.92. The van der Waals surface area contributed by atoms with E-state index >= 15 is 0 Å². The van der Waals surface area contributed by atoms with Crippen LogP contribution in [0.1, 0.15) is 45.0 Å². The van der Waals surface area contributed by atoms with Gasteiger partial charge in [-0.1, -0.05) is 35.2 Å². The Morgan fingerprint density at radius 2 is 1.86 bits per heavy atom. The number of hydrogen-bond donors (Lipinski definition) is 4. The van der Waals surface area contributed by atoms with E-state index in [1.807, 2.05) is 0 Å². The van der Waals surface area contributed by atoms with Crippen LogP contribution in [-0.2, 0) is 4.79 Å². The molecule has 6 nitrogen and oxygen atoms in total. The number of carbonyl (C=O) groups is 2. The summed E-state index contributed by atoms with van der Waals surface area (Å²) in [6, 6.07) is 13.4. The predicted molar refractivity (Wildman–Crippen MR) is 141 cm³/mol. The molecule has 3 aromatic rings. The minimum Gasteiger partial charge on any atom is -0.330 e. The zero-order chi connectivity index (χ0) is 26.4. The third kappa shape index (κ3) is 6.49. The monoisotopic (exact) mass is 524 g/mol. The second-order valence-electron chi connectivity index (χ2n) is 8.04. The van der Waals surface area contributed by atoms with Crippen LogP contribution in [0.3, 0.4) is 0 Å². The number of amidine groups is 1. The number of halogens is 3. The molecule has 3 aromatic carbocycles. The van der Waals surface area contributed by atoms with Crippen molar-refractivity contribution in [2.24, 2.45) is 5.73 Å². The number of aryl methyl sites for hydroxylation is 1. The van der Waals surface area contributed by atoms with Crippen LogP contribution >= 0.6 is 23.2 Å². The first-order valence-electron chi connectivity index (χ1n) is 10.9. The molecule has 0 saturated heterocycles. The lowest BCUT2D eigenvalue weighted by Gasteiger charge is -2.18. The number of hydrogen-bond acceptors (Lipinski definition) is 4. The van der Waals surface area contributed by atoms with Gasteiger partial charge in [-0.15, -0.1) is 6.42 Å². The number of carbonyl (C=O) groups excluding carboxylic acids is 2. The van der Waals surface area contributed by atoms with E-state index in [9.17, 15) is 14.0 Å². The Bertz CT molecular complexity index is 1360. The molecular weight excluding hydrogens is 502 g/mol. The first-order valence-corrected chi connectivity index (χ1v) is 11.6. The highest BCUT2D eigenvalue weighted by atomic mass is 35.5. The summed E-state index contributed by atoms with van der Waals surface area (Å²) in [7, 11) is 0. The van der Waals surface area contributed by atoms with E-state index in [2.05, 4.69) is 16.6 Å². The normalized spacial score (nSPS) is 11.3. The van der Waals surface area contributed by atoms with Crippen molar-refractivity contribution in [3.8, 4) is 12.3 Å². The lowest BCUT2D eigenvalue weighted by molar-refractivity contribution is -0.117. The van der Waals surface area contributed by atoms with Crippen molar-refractivity contribution in [3.63, 3.8) is 0 Å². The molecule has 3 rings (SSSR count). The fraction of sp³-hybridized carbons (Fsp3) is 0.148. The number of anilines is 1. The molecule has 9 heteroatoms. The van der Waals surface area contributed by atoms with Crippen molar-refractivity contribution >= 4 is 46.5 Å². The van der Waals surface area contributed by atoms with Crippen LogP contribution in [0.15, 0.2) is 54.6 Å². The van der Waals surface area contributed by atoms with Crippen molar-refractivity contribution in [2.75, 3.05) is 11.9 Å². The summed E-state index contributed by atoms with van der Waals surface area (Å²) < 4.78 is 13.7. The number of nitrogens with one attached hydrogen (secondary N) is 3. The van der Waals surface area contributed by atoms with Gasteiger partial charge in [-0.05, 0) is 79.5 Å². The Kier molecular flexibility index (Phi) is 8.83. The molecule has 0 aliphatic heterocycles. The first-order chi connectivity index (χ1) is 17.1. The Balaban J connectivity index is 1.84. The molecule has 0 aliphatic carbocycles. The van der Waals surface area contributed by atoms with Crippen molar-refractivity contribution in [1.82, 2.24) is 5.32 Å². The van der Waals surface area contributed by atoms with Gasteiger partial charge >= 0.3 is 0 Å². The van der Waals surface area contributed by atoms with Gasteiger partial charge in [0.1, 0.15) is 11.7 Å². The van der Waals surface area contributed by atoms with E-state index in [1.165, 1.54) is 18.2 Å². The van der Waals surface area contributed by atoms with Crippen LogP contribution in [-0.4, -0.2) is 24.2 Å². The van der Waals surface area contributed by atoms with Gasteiger partial charge in [0, 0.05) is 22.4 Å². The quantitative estimate of drug-likeness (QED) is 0.192. The molecule has 36 heavy (non-hydrogen) atoms. The molecule has 0 spiro atoms. The minimum absolute atomic E-state index is 0.0650. The lowest BCUT2D eigenvalue weighted by atomic mass is 9.94. The van der Waals surface area contributed by atoms with E-state index in [0.717, 1.165) is 6.07 Å². The first kappa shape index (κ1) is 26.9. The second kappa shape index (κ2) is 11.8. The number of rotatable bonds is 7. The predicted octanol–water partition coefficient (Wildman–Crippen LogP) is 5.25. The van der Waals surface area contributed by atoms with Crippen LogP contribution in [0.4, 0.5) is 10.1 Å². The molecule has 1 unspecified atom stereocenters. The zero-order valence-corrected chi connectivity index (χ0v) is 20.8. The molecule has 0 aliphatic rings. The maximum absolute atomic E-state index is 13.7. The largest absolute Gasteiger partial charge is 0.330 e. The molecule has 2 amide bonds. The molecule has 0 bridgehead atoms. The summed E-state index contributed by atoms with van der Waals surface area (Å²) in [5.74, 6) is -0.00627. The van der Waals surface area contributed by atoms with Gasteiger partial charge in [-0.25, -0.2) is 4.39 Å². The molecule has 0 fully saturated rings. The van der Waals surface area contributed by atoms with E-state index in [0.29, 0.717) is 38.8 Å².